The number of alkyl halides is 1. The van der Waals surface area contributed by atoms with Crippen LogP contribution in [0.15, 0.2) is 23.8 Å². The summed E-state index contributed by atoms with van der Waals surface area (Å²) < 4.78 is 86.6. The first-order chi connectivity index (χ1) is 20.7. The molecular weight excluding hydrogens is 484 g/mol. The average Bonchev–Trinajstić information content (AvgIpc) is 3.13. The number of hydrogen-bond donors (Lipinski definition) is 1. The molecule has 1 N–H and O–H groups in total. The maximum Gasteiger partial charge on any atom is 0.306 e. The molecule has 0 aromatic carbocycles. The van der Waals surface area contributed by atoms with Crippen molar-refractivity contribution >= 4 is 35.1 Å². The number of carbonyl (C=O) groups is 4. The van der Waals surface area contributed by atoms with Crippen molar-refractivity contribution in [1.29, 1.82) is 0 Å². The van der Waals surface area contributed by atoms with Crippen molar-refractivity contribution in [2.75, 3.05) is 6.61 Å². The summed E-state index contributed by atoms with van der Waals surface area (Å²) in [7, 11) is 0. The Bertz CT molecular complexity index is 1410. The molecule has 0 aromatic heterocycles. The Morgan fingerprint density at radius 2 is 1.92 bits per heavy atom. The van der Waals surface area contributed by atoms with E-state index in [0.29, 0.717) is 12.8 Å². The van der Waals surface area contributed by atoms with Crippen LogP contribution in [0.3, 0.4) is 0 Å². The molecule has 4 aliphatic rings. The molecule has 0 bridgehead atoms. The summed E-state index contributed by atoms with van der Waals surface area (Å²) in [6, 6.07) is 0. The first-order valence-corrected chi connectivity index (χ1v) is 12.3. The van der Waals surface area contributed by atoms with Crippen molar-refractivity contribution in [3.8, 4) is 0 Å². The highest BCUT2D eigenvalue weighted by Gasteiger charge is 2.76. The minimum absolute atomic E-state index is 0.111. The number of esters is 2. The normalized spacial score (nSPS) is 48.7. The molecule has 0 amide bonds. The molecule has 4 rings (SSSR count). The number of fused-ring (bicyclic) bond motifs is 5. The number of halogens is 1. The molecule has 3 fully saturated rings. The predicted molar refractivity (Wildman–Crippen MR) is 133 cm³/mol. The molecule has 0 aromatic rings. The van der Waals surface area contributed by atoms with Crippen molar-refractivity contribution in [3.05, 3.63) is 23.8 Å². The fourth-order valence-electron chi connectivity index (χ4n) is 7.84. The van der Waals surface area contributed by atoms with Gasteiger partial charge >= 0.3 is 11.9 Å². The average molecular weight is 531 g/mol. The molecule has 0 heterocycles. The Labute approximate surface area is 231 Å². The highest BCUT2D eigenvalue weighted by atomic mass is 35.5. The lowest BCUT2D eigenvalue weighted by Gasteiger charge is -2.64. The second-order valence-corrected chi connectivity index (χ2v) is 11.4. The number of rotatable bonds is 6. The molecule has 1 unspecified atom stereocenters. The van der Waals surface area contributed by atoms with Crippen LogP contribution in [0.5, 0.6) is 0 Å². The third-order valence-electron chi connectivity index (χ3n) is 9.39. The highest BCUT2D eigenvalue weighted by molar-refractivity contribution is 6.26. The van der Waals surface area contributed by atoms with Crippen LogP contribution in [-0.2, 0) is 28.7 Å². The number of ketones is 2. The van der Waals surface area contributed by atoms with E-state index in [-0.39, 0.29) is 18.6 Å². The van der Waals surface area contributed by atoms with Gasteiger partial charge in [0.25, 0.3) is 0 Å². The van der Waals surface area contributed by atoms with Gasteiger partial charge in [0.05, 0.1) is 11.0 Å². The number of hydrogen-bond acceptors (Lipinski definition) is 7. The fourth-order valence-corrected chi connectivity index (χ4v) is 8.37. The summed E-state index contributed by atoms with van der Waals surface area (Å²) in [5.74, 6) is -7.38. The first-order valence-electron chi connectivity index (χ1n) is 16.9. The van der Waals surface area contributed by atoms with Gasteiger partial charge in [-0.05, 0) is 49.7 Å². The van der Waals surface area contributed by atoms with E-state index in [0.717, 1.165) is 5.57 Å². The van der Waals surface area contributed by atoms with Crippen molar-refractivity contribution in [3.63, 3.8) is 0 Å². The molecule has 0 radical (unpaired) electrons. The van der Waals surface area contributed by atoms with E-state index in [1.165, 1.54) is 26.0 Å². The topological polar surface area (TPSA) is 107 Å². The molecule has 0 saturated heterocycles. The number of aliphatic hydroxyl groups is 1. The van der Waals surface area contributed by atoms with Crippen LogP contribution in [0.1, 0.15) is 86.6 Å². The lowest BCUT2D eigenvalue weighted by molar-refractivity contribution is -0.203. The summed E-state index contributed by atoms with van der Waals surface area (Å²) >= 11 is 7.43. The number of ether oxygens (including phenoxy) is 2. The summed E-state index contributed by atoms with van der Waals surface area (Å²) in [6.07, 6.45) is -3.49. The van der Waals surface area contributed by atoms with E-state index in [9.17, 15) is 24.3 Å². The van der Waals surface area contributed by atoms with Gasteiger partial charge < -0.3 is 14.6 Å². The van der Waals surface area contributed by atoms with Crippen LogP contribution < -0.4 is 0 Å². The summed E-state index contributed by atoms with van der Waals surface area (Å²) in [4.78, 5) is 51.0. The maximum absolute atomic E-state index is 14.3. The van der Waals surface area contributed by atoms with Crippen LogP contribution in [0.2, 0.25) is 0 Å². The molecule has 0 aliphatic heterocycles. The maximum atomic E-state index is 14.3. The van der Waals surface area contributed by atoms with Gasteiger partial charge in [0.2, 0.25) is 5.78 Å². The molecule has 198 valence electrons. The molecule has 8 heteroatoms. The minimum atomic E-state index is -3.59. The van der Waals surface area contributed by atoms with Gasteiger partial charge in [-0.15, -0.1) is 11.6 Å². The second-order valence-electron chi connectivity index (χ2n) is 10.8. The molecule has 8 atom stereocenters. The zero-order valence-electron chi connectivity index (χ0n) is 30.4. The summed E-state index contributed by atoms with van der Waals surface area (Å²) in [5.41, 5.74) is -4.26. The SMILES string of the molecule is [2H]C([2H])([2H])C([2H])([2H])C(=O)OCC(=O)[C@@]1(OC(=O)C([2H])([2H])C([2H])([2H])[2H])[C@@H](C)C[C@H]2[C@@H]3CCC4=CC(=O)C=C[C@]4(C)C3(Cl)[C@@H](O)C[C@@]21C. The molecule has 4 aliphatic carbocycles. The molecule has 36 heavy (non-hydrogen) atoms. The van der Waals surface area contributed by atoms with Crippen molar-refractivity contribution < 1.29 is 47.5 Å². The molecule has 0 spiro atoms. The van der Waals surface area contributed by atoms with Crippen molar-refractivity contribution in [1.82, 2.24) is 0 Å². The highest BCUT2D eigenvalue weighted by Crippen LogP contribution is 2.72. The van der Waals surface area contributed by atoms with E-state index in [1.807, 2.05) is 0 Å². The lowest BCUT2D eigenvalue weighted by Crippen LogP contribution is -2.69. The van der Waals surface area contributed by atoms with Gasteiger partial charge in [-0.25, -0.2) is 0 Å². The van der Waals surface area contributed by atoms with E-state index in [4.69, 9.17) is 34.8 Å². The summed E-state index contributed by atoms with van der Waals surface area (Å²) in [6.45, 7) is -3.44. The number of allylic oxidation sites excluding steroid dienone is 4. The van der Waals surface area contributed by atoms with Crippen LogP contribution in [-0.4, -0.2) is 51.8 Å². The van der Waals surface area contributed by atoms with Crippen LogP contribution in [0.25, 0.3) is 0 Å². The van der Waals surface area contributed by atoms with Gasteiger partial charge in [0, 0.05) is 43.2 Å². The van der Waals surface area contributed by atoms with Gasteiger partial charge in [-0.3, -0.25) is 19.2 Å². The Balaban J connectivity index is 1.82. The molecular formula is C28H37ClO7. The largest absolute Gasteiger partial charge is 0.457 e. The minimum Gasteiger partial charge on any atom is -0.457 e. The van der Waals surface area contributed by atoms with Gasteiger partial charge in [0.15, 0.2) is 18.0 Å². The number of carbonyl (C=O) groups excluding carboxylic acids is 4. The smallest absolute Gasteiger partial charge is 0.306 e. The predicted octanol–water partition coefficient (Wildman–Crippen LogP) is 4.09. The van der Waals surface area contributed by atoms with Crippen molar-refractivity contribution in [2.45, 2.75) is 89.5 Å². The third kappa shape index (κ3) is 3.48. The quantitative estimate of drug-likeness (QED) is 0.407. The first kappa shape index (κ1) is 16.8. The van der Waals surface area contributed by atoms with Gasteiger partial charge in [-0.1, -0.05) is 46.1 Å². The standard InChI is InChI=1S/C28H37ClO7/c1-6-23(33)35-15-22(32)28(36-24(34)7-2)16(3)12-20-19-9-8-17-13-18(30)10-11-25(17,4)27(19,29)21(31)14-26(20,28)5/h10-11,13,16,19-21,31H,6-9,12,14-15H2,1-5H3/t16-,19-,20-,21-,25-,26-,27?,28-/m0/s1/i1D3,2D3,6D2,7D2. The van der Waals surface area contributed by atoms with E-state index >= 15 is 0 Å². The van der Waals surface area contributed by atoms with E-state index in [1.54, 1.807) is 13.0 Å². The summed E-state index contributed by atoms with van der Waals surface area (Å²) in [5, 5.41) is 11.9. The van der Waals surface area contributed by atoms with E-state index in [2.05, 4.69) is 0 Å². The molecule has 7 nitrogen and oxygen atoms in total. The zero-order valence-corrected chi connectivity index (χ0v) is 21.1. The van der Waals surface area contributed by atoms with Gasteiger partial charge in [-0.2, -0.15) is 0 Å². The van der Waals surface area contributed by atoms with E-state index < -0.39 is 95.9 Å². The van der Waals surface area contributed by atoms with Crippen LogP contribution in [0, 0.1) is 28.6 Å². The monoisotopic (exact) mass is 530 g/mol. The second kappa shape index (κ2) is 9.09. The molecule has 3 saturated carbocycles. The lowest BCUT2D eigenvalue weighted by atomic mass is 9.45. The Morgan fingerprint density at radius 1 is 1.22 bits per heavy atom. The van der Waals surface area contributed by atoms with Crippen LogP contribution in [0.4, 0.5) is 0 Å². The fraction of sp³-hybridized carbons (Fsp3) is 0.714. The zero-order chi connectivity index (χ0) is 35.3. The third-order valence-corrected chi connectivity index (χ3v) is 10.3. The number of Topliss-reactive ketones (excluding diaryl/α,β-unsaturated/α-hetero) is 1. The Kier molecular flexibility index (Phi) is 4.23. The number of aliphatic hydroxyl groups excluding tert-OH is 1. The van der Waals surface area contributed by atoms with Gasteiger partial charge in [0.1, 0.15) is 0 Å². The van der Waals surface area contributed by atoms with Crippen molar-refractivity contribution in [2.24, 2.45) is 28.6 Å². The Hall–Kier alpha value is -1.99. The van der Waals surface area contributed by atoms with Crippen LogP contribution >= 0.6 is 11.6 Å². The Morgan fingerprint density at radius 3 is 2.61 bits per heavy atom.